The van der Waals surface area contributed by atoms with Crippen molar-refractivity contribution in [1.29, 1.82) is 0 Å². The number of aromatic nitrogens is 4. The predicted molar refractivity (Wildman–Crippen MR) is 109 cm³/mol. The molecule has 1 aliphatic heterocycles. The summed E-state index contributed by atoms with van der Waals surface area (Å²) in [7, 11) is 0. The van der Waals surface area contributed by atoms with Gasteiger partial charge in [-0.3, -0.25) is 9.78 Å². The number of aliphatic hydroxyl groups is 1. The zero-order valence-corrected chi connectivity index (χ0v) is 17.5. The minimum atomic E-state index is -4.59. The molecule has 1 saturated carbocycles. The average molecular weight is 461 g/mol. The maximum Gasteiger partial charge on any atom is 0.433 e. The Morgan fingerprint density at radius 1 is 1.24 bits per heavy atom. The van der Waals surface area contributed by atoms with Gasteiger partial charge in [-0.1, -0.05) is 6.07 Å². The minimum absolute atomic E-state index is 0.0845. The van der Waals surface area contributed by atoms with E-state index in [1.54, 1.807) is 10.7 Å². The van der Waals surface area contributed by atoms with Gasteiger partial charge in [0.15, 0.2) is 5.65 Å². The second-order valence-corrected chi connectivity index (χ2v) is 8.63. The van der Waals surface area contributed by atoms with Crippen LogP contribution in [-0.2, 0) is 22.9 Å². The van der Waals surface area contributed by atoms with Gasteiger partial charge in [0.2, 0.25) is 0 Å². The molecule has 0 radical (unpaired) electrons. The number of fused-ring (bicyclic) bond motifs is 1. The monoisotopic (exact) mass is 461 g/mol. The quantitative estimate of drug-likeness (QED) is 0.606. The van der Waals surface area contributed by atoms with Gasteiger partial charge in [-0.25, -0.2) is 9.50 Å². The molecule has 3 aromatic heterocycles. The Morgan fingerprint density at radius 2 is 2.06 bits per heavy atom. The molecule has 4 heterocycles. The Kier molecular flexibility index (Phi) is 5.32. The second-order valence-electron chi connectivity index (χ2n) is 8.63. The van der Waals surface area contributed by atoms with Crippen molar-refractivity contribution >= 4 is 11.6 Å². The van der Waals surface area contributed by atoms with Crippen molar-refractivity contribution < 1.29 is 27.8 Å². The van der Waals surface area contributed by atoms with Gasteiger partial charge in [0.05, 0.1) is 18.3 Å². The van der Waals surface area contributed by atoms with Gasteiger partial charge in [-0.15, -0.1) is 0 Å². The van der Waals surface area contributed by atoms with Crippen LogP contribution in [0.2, 0.25) is 0 Å². The van der Waals surface area contributed by atoms with E-state index in [9.17, 15) is 23.1 Å². The molecule has 1 aliphatic carbocycles. The van der Waals surface area contributed by atoms with E-state index in [0.717, 1.165) is 24.2 Å². The van der Waals surface area contributed by atoms with E-state index in [0.29, 0.717) is 11.6 Å². The molecule has 0 bridgehead atoms. The van der Waals surface area contributed by atoms with Crippen LogP contribution in [0.15, 0.2) is 36.9 Å². The first kappa shape index (κ1) is 21.8. The summed E-state index contributed by atoms with van der Waals surface area (Å²) in [5.41, 5.74) is -0.571. The summed E-state index contributed by atoms with van der Waals surface area (Å²) in [4.78, 5) is 21.2. The summed E-state index contributed by atoms with van der Waals surface area (Å²) in [6.07, 6.45) is 3.71. The highest BCUT2D eigenvalue weighted by atomic mass is 19.4. The summed E-state index contributed by atoms with van der Waals surface area (Å²) >= 11 is 0. The standard InChI is InChI=1S/C22H22F3N5O3/c23-22(24,25)17-4-3-15(9-26-17)21(5-6-33-12-18(21)31)29-20(32)16-10-28-30-11-14(7-13-1-2-13)8-27-19(16)30/h3-4,8-11,13,18,31H,1-2,5-7,12H2,(H,29,32). The summed E-state index contributed by atoms with van der Waals surface area (Å²) in [6, 6.07) is 2.06. The molecular weight excluding hydrogens is 439 g/mol. The van der Waals surface area contributed by atoms with Crippen molar-refractivity contribution in [2.45, 2.75) is 43.5 Å². The van der Waals surface area contributed by atoms with E-state index in [4.69, 9.17) is 4.74 Å². The van der Waals surface area contributed by atoms with Gasteiger partial charge in [0, 0.05) is 31.6 Å². The van der Waals surface area contributed by atoms with Crippen LogP contribution in [0.1, 0.15) is 46.4 Å². The number of hydrogen-bond donors (Lipinski definition) is 2. The third-order valence-corrected chi connectivity index (χ3v) is 6.27. The predicted octanol–water partition coefficient (Wildman–Crippen LogP) is 2.50. The zero-order valence-electron chi connectivity index (χ0n) is 17.5. The summed E-state index contributed by atoms with van der Waals surface area (Å²) in [5, 5.41) is 17.8. The van der Waals surface area contributed by atoms with Crippen LogP contribution < -0.4 is 5.32 Å². The van der Waals surface area contributed by atoms with Crippen molar-refractivity contribution in [3.63, 3.8) is 0 Å². The molecule has 2 atom stereocenters. The number of carbonyl (C=O) groups is 1. The van der Waals surface area contributed by atoms with Gasteiger partial charge < -0.3 is 15.2 Å². The normalized spacial score (nSPS) is 23.6. The molecule has 5 rings (SSSR count). The number of alkyl halides is 3. The lowest BCUT2D eigenvalue weighted by Gasteiger charge is -2.42. The summed E-state index contributed by atoms with van der Waals surface area (Å²) in [5.74, 6) is 0.128. The molecular formula is C22H22F3N5O3. The van der Waals surface area contributed by atoms with Crippen molar-refractivity contribution in [2.24, 2.45) is 5.92 Å². The SMILES string of the molecule is O=C(NC1(c2ccc(C(F)(F)F)nc2)CCOCC1O)c1cnn2cc(CC3CC3)cnc12. The molecule has 33 heavy (non-hydrogen) atoms. The van der Waals surface area contributed by atoms with Crippen LogP contribution in [-0.4, -0.2) is 49.9 Å². The molecule has 2 unspecified atom stereocenters. The molecule has 174 valence electrons. The van der Waals surface area contributed by atoms with Gasteiger partial charge in [0.1, 0.15) is 17.4 Å². The average Bonchev–Trinajstić information content (AvgIpc) is 3.50. The third-order valence-electron chi connectivity index (χ3n) is 6.27. The third kappa shape index (κ3) is 4.18. The topological polar surface area (TPSA) is 102 Å². The Hall–Kier alpha value is -3.05. The molecule has 2 aliphatic rings. The van der Waals surface area contributed by atoms with Gasteiger partial charge in [0.25, 0.3) is 5.91 Å². The number of pyridine rings is 1. The van der Waals surface area contributed by atoms with E-state index in [1.807, 2.05) is 6.20 Å². The lowest BCUT2D eigenvalue weighted by atomic mass is 9.81. The van der Waals surface area contributed by atoms with Crippen LogP contribution in [0.25, 0.3) is 5.65 Å². The number of nitrogens with one attached hydrogen (secondary N) is 1. The van der Waals surface area contributed by atoms with E-state index >= 15 is 0 Å². The minimum Gasteiger partial charge on any atom is -0.388 e. The highest BCUT2D eigenvalue weighted by Gasteiger charge is 2.45. The molecule has 0 aromatic carbocycles. The number of amides is 1. The number of rotatable bonds is 5. The fourth-order valence-corrected chi connectivity index (χ4v) is 4.22. The fraction of sp³-hybridized carbons (Fsp3) is 0.455. The first-order valence-corrected chi connectivity index (χ1v) is 10.7. The summed E-state index contributed by atoms with van der Waals surface area (Å²) < 4.78 is 45.7. The number of nitrogens with zero attached hydrogens (tertiary/aromatic N) is 4. The van der Waals surface area contributed by atoms with Crippen LogP contribution in [0.5, 0.6) is 0 Å². The number of carbonyl (C=O) groups excluding carboxylic acids is 1. The number of aliphatic hydroxyl groups excluding tert-OH is 1. The van der Waals surface area contributed by atoms with Gasteiger partial charge in [-0.2, -0.15) is 18.3 Å². The Morgan fingerprint density at radius 3 is 2.73 bits per heavy atom. The number of hydrogen-bond acceptors (Lipinski definition) is 6. The van der Waals surface area contributed by atoms with E-state index < -0.39 is 29.4 Å². The van der Waals surface area contributed by atoms with Crippen LogP contribution in [0, 0.1) is 5.92 Å². The molecule has 8 nitrogen and oxygen atoms in total. The molecule has 3 aromatic rings. The first-order valence-electron chi connectivity index (χ1n) is 10.7. The molecule has 11 heteroatoms. The fourth-order valence-electron chi connectivity index (χ4n) is 4.22. The first-order chi connectivity index (χ1) is 15.8. The maximum atomic E-state index is 13.3. The highest BCUT2D eigenvalue weighted by molar-refractivity contribution is 6.00. The van der Waals surface area contributed by atoms with Crippen molar-refractivity contribution in [3.8, 4) is 0 Å². The van der Waals surface area contributed by atoms with Crippen LogP contribution >= 0.6 is 0 Å². The lowest BCUT2D eigenvalue weighted by Crippen LogP contribution is -2.58. The number of ether oxygens (including phenoxy) is 1. The Labute approximate surface area is 186 Å². The van der Waals surface area contributed by atoms with E-state index in [2.05, 4.69) is 20.4 Å². The number of halogens is 3. The molecule has 1 saturated heterocycles. The van der Waals surface area contributed by atoms with Crippen molar-refractivity contribution in [2.75, 3.05) is 13.2 Å². The molecule has 2 fully saturated rings. The molecule has 2 N–H and O–H groups in total. The maximum absolute atomic E-state index is 13.3. The van der Waals surface area contributed by atoms with Crippen molar-refractivity contribution in [1.82, 2.24) is 24.9 Å². The Balaban J connectivity index is 1.45. The highest BCUT2D eigenvalue weighted by Crippen LogP contribution is 2.35. The van der Waals surface area contributed by atoms with Gasteiger partial charge >= 0.3 is 6.18 Å². The zero-order chi connectivity index (χ0) is 23.2. The Bertz CT molecular complexity index is 1180. The largest absolute Gasteiger partial charge is 0.433 e. The van der Waals surface area contributed by atoms with Crippen molar-refractivity contribution in [3.05, 3.63) is 59.3 Å². The lowest BCUT2D eigenvalue weighted by molar-refractivity contribution is -0.141. The molecule has 1 amide bonds. The van der Waals surface area contributed by atoms with Gasteiger partial charge in [-0.05, 0) is 42.4 Å². The van der Waals surface area contributed by atoms with Crippen LogP contribution in [0.4, 0.5) is 13.2 Å². The van der Waals surface area contributed by atoms with E-state index in [1.165, 1.54) is 25.1 Å². The van der Waals surface area contributed by atoms with E-state index in [-0.39, 0.29) is 30.8 Å². The molecule has 0 spiro atoms. The smallest absolute Gasteiger partial charge is 0.388 e. The summed E-state index contributed by atoms with van der Waals surface area (Å²) in [6.45, 7) is 0.120. The van der Waals surface area contributed by atoms with Crippen LogP contribution in [0.3, 0.4) is 0 Å². The second kappa shape index (κ2) is 8.07.